The number of hydrogen-bond donors (Lipinski definition) is 1. The van der Waals surface area contributed by atoms with Crippen LogP contribution in [0.3, 0.4) is 0 Å². The first-order chi connectivity index (χ1) is 15.7. The van der Waals surface area contributed by atoms with Gasteiger partial charge in [-0.3, -0.25) is 0 Å². The molecule has 0 aliphatic carbocycles. The molecule has 7 nitrogen and oxygen atoms in total. The van der Waals surface area contributed by atoms with E-state index in [4.69, 9.17) is 17.0 Å². The number of aromatic nitrogens is 2. The van der Waals surface area contributed by atoms with Crippen molar-refractivity contribution in [3.8, 4) is 0 Å². The van der Waals surface area contributed by atoms with Gasteiger partial charge in [0.15, 0.2) is 5.11 Å². The Morgan fingerprint density at radius 1 is 1.27 bits per heavy atom. The molecule has 1 saturated heterocycles. The molecule has 3 rings (SSSR count). The number of rotatable bonds is 10. The van der Waals surface area contributed by atoms with E-state index in [0.29, 0.717) is 24.7 Å². The summed E-state index contributed by atoms with van der Waals surface area (Å²) in [5.74, 6) is 0.186. The number of hydrogen-bond acceptors (Lipinski definition) is 5. The van der Waals surface area contributed by atoms with Gasteiger partial charge in [0.25, 0.3) is 0 Å². The van der Waals surface area contributed by atoms with Gasteiger partial charge in [0.2, 0.25) is 15.0 Å². The van der Waals surface area contributed by atoms with E-state index in [9.17, 15) is 8.42 Å². The minimum atomic E-state index is -3.61. The van der Waals surface area contributed by atoms with E-state index < -0.39 is 9.84 Å². The molecule has 0 saturated carbocycles. The second-order valence-corrected chi connectivity index (χ2v) is 11.7. The van der Waals surface area contributed by atoms with Crippen LogP contribution < -0.4 is 5.32 Å². The molecule has 33 heavy (non-hydrogen) atoms. The number of benzene rings is 1. The third-order valence-electron chi connectivity index (χ3n) is 5.43. The Morgan fingerprint density at radius 3 is 2.61 bits per heavy atom. The van der Waals surface area contributed by atoms with Gasteiger partial charge in [-0.25, -0.2) is 13.4 Å². The van der Waals surface area contributed by atoms with Crippen molar-refractivity contribution in [2.45, 2.75) is 76.7 Å². The number of sulfone groups is 1. The highest BCUT2D eigenvalue weighted by molar-refractivity contribution is 7.90. The molecule has 0 radical (unpaired) electrons. The summed E-state index contributed by atoms with van der Waals surface area (Å²) < 4.78 is 34.3. The minimum absolute atomic E-state index is 0.0741. The van der Waals surface area contributed by atoms with E-state index >= 15 is 0 Å². The first-order valence-electron chi connectivity index (χ1n) is 11.6. The molecule has 2 aromatic rings. The van der Waals surface area contributed by atoms with Crippen molar-refractivity contribution in [1.82, 2.24) is 19.8 Å². The Labute approximate surface area is 203 Å². The van der Waals surface area contributed by atoms with Gasteiger partial charge in [0, 0.05) is 25.7 Å². The SMILES string of the molecule is CC(C)Cn1c(CN(C[C@@H]2CCCO2)C(=S)NC(C)C)cnc1S(=O)(=O)Cc1ccccc1. The number of nitrogens with zero attached hydrogens (tertiary/aromatic N) is 3. The van der Waals surface area contributed by atoms with Crippen LogP contribution in [0, 0.1) is 5.92 Å². The summed E-state index contributed by atoms with van der Waals surface area (Å²) in [6.07, 6.45) is 3.86. The van der Waals surface area contributed by atoms with E-state index in [1.807, 2.05) is 48.7 Å². The number of imidazole rings is 1. The third-order valence-corrected chi connectivity index (χ3v) is 7.40. The summed E-state index contributed by atoms with van der Waals surface area (Å²) in [5.41, 5.74) is 1.58. The second-order valence-electron chi connectivity index (χ2n) is 9.40. The largest absolute Gasteiger partial charge is 0.376 e. The maximum atomic E-state index is 13.3. The highest BCUT2D eigenvalue weighted by Crippen LogP contribution is 2.21. The van der Waals surface area contributed by atoms with E-state index in [1.54, 1.807) is 6.20 Å². The molecule has 0 bridgehead atoms. The summed E-state index contributed by atoms with van der Waals surface area (Å²) in [5, 5.41) is 4.09. The van der Waals surface area contributed by atoms with Gasteiger partial charge < -0.3 is 19.5 Å². The molecule has 1 aliphatic rings. The molecular weight excluding hydrogens is 456 g/mol. The fraction of sp³-hybridized carbons (Fsp3) is 0.583. The minimum Gasteiger partial charge on any atom is -0.376 e. The Morgan fingerprint density at radius 2 is 2.00 bits per heavy atom. The van der Waals surface area contributed by atoms with Gasteiger partial charge in [-0.1, -0.05) is 44.2 Å². The van der Waals surface area contributed by atoms with Crippen LogP contribution in [0.25, 0.3) is 0 Å². The Bertz CT molecular complexity index is 1010. The molecule has 9 heteroatoms. The van der Waals surface area contributed by atoms with Gasteiger partial charge in [0.1, 0.15) is 0 Å². The summed E-state index contributed by atoms with van der Waals surface area (Å²) in [7, 11) is -3.61. The topological polar surface area (TPSA) is 76.5 Å². The van der Waals surface area contributed by atoms with Crippen molar-refractivity contribution in [1.29, 1.82) is 0 Å². The molecular formula is C24H36N4O3S2. The lowest BCUT2D eigenvalue weighted by Crippen LogP contribution is -2.45. The second kappa shape index (κ2) is 11.4. The van der Waals surface area contributed by atoms with E-state index in [0.717, 1.165) is 30.7 Å². The highest BCUT2D eigenvalue weighted by atomic mass is 32.2. The number of nitrogens with one attached hydrogen (secondary N) is 1. The zero-order chi connectivity index (χ0) is 24.0. The first-order valence-corrected chi connectivity index (χ1v) is 13.7. The quantitative estimate of drug-likeness (QED) is 0.506. The first kappa shape index (κ1) is 25.6. The zero-order valence-electron chi connectivity index (χ0n) is 20.0. The van der Waals surface area contributed by atoms with Gasteiger partial charge in [-0.05, 0) is 50.4 Å². The molecule has 0 spiro atoms. The van der Waals surface area contributed by atoms with Gasteiger partial charge in [-0.15, -0.1) is 0 Å². The monoisotopic (exact) mass is 492 g/mol. The molecule has 1 aliphatic heterocycles. The lowest BCUT2D eigenvalue weighted by atomic mass is 10.2. The standard InChI is InChI=1S/C24H36N4O3S2/c1-18(2)14-28-21(13-25-24(28)33(29,30)17-20-9-6-5-7-10-20)15-27(23(32)26-19(3)4)16-22-11-8-12-31-22/h5-7,9-10,13,18-19,22H,8,11-12,14-17H2,1-4H3,(H,26,32)/t22-/m0/s1. The maximum absolute atomic E-state index is 13.3. The maximum Gasteiger partial charge on any atom is 0.228 e. The summed E-state index contributed by atoms with van der Waals surface area (Å²) >= 11 is 5.69. The zero-order valence-corrected chi connectivity index (χ0v) is 21.7. The Kier molecular flexibility index (Phi) is 8.89. The number of thiocarbonyl (C=S) groups is 1. The Hall–Kier alpha value is -1.97. The van der Waals surface area contributed by atoms with Crippen molar-refractivity contribution in [2.75, 3.05) is 13.2 Å². The predicted octanol–water partition coefficient (Wildman–Crippen LogP) is 3.78. The molecule has 1 N–H and O–H groups in total. The van der Waals surface area contributed by atoms with Crippen molar-refractivity contribution in [2.24, 2.45) is 5.92 Å². The van der Waals surface area contributed by atoms with Gasteiger partial charge in [0.05, 0.1) is 30.3 Å². The third kappa shape index (κ3) is 7.25. The van der Waals surface area contributed by atoms with E-state index in [1.165, 1.54) is 0 Å². The smallest absolute Gasteiger partial charge is 0.228 e. The van der Waals surface area contributed by atoms with E-state index in [-0.39, 0.29) is 29.0 Å². The average molecular weight is 493 g/mol. The fourth-order valence-corrected chi connectivity index (χ4v) is 5.85. The van der Waals surface area contributed by atoms with Crippen LogP contribution in [0.4, 0.5) is 0 Å². The predicted molar refractivity (Wildman–Crippen MR) is 135 cm³/mol. The lowest BCUT2D eigenvalue weighted by molar-refractivity contribution is 0.0891. The summed E-state index contributed by atoms with van der Waals surface area (Å²) in [4.78, 5) is 6.47. The van der Waals surface area contributed by atoms with Crippen LogP contribution in [0.15, 0.2) is 41.7 Å². The van der Waals surface area contributed by atoms with Crippen LogP contribution in [-0.2, 0) is 33.4 Å². The fourth-order valence-electron chi connectivity index (χ4n) is 3.97. The molecule has 0 unspecified atom stereocenters. The average Bonchev–Trinajstić information content (AvgIpc) is 3.37. The van der Waals surface area contributed by atoms with Crippen molar-refractivity contribution >= 4 is 27.2 Å². The van der Waals surface area contributed by atoms with Crippen molar-refractivity contribution in [3.05, 3.63) is 47.8 Å². The van der Waals surface area contributed by atoms with Gasteiger partial charge in [-0.2, -0.15) is 0 Å². The molecule has 182 valence electrons. The lowest BCUT2D eigenvalue weighted by Gasteiger charge is -2.30. The van der Waals surface area contributed by atoms with E-state index in [2.05, 4.69) is 29.0 Å². The summed E-state index contributed by atoms with van der Waals surface area (Å²) in [6, 6.07) is 9.43. The van der Waals surface area contributed by atoms with Crippen LogP contribution >= 0.6 is 12.2 Å². The highest BCUT2D eigenvalue weighted by Gasteiger charge is 2.27. The van der Waals surface area contributed by atoms with Crippen LogP contribution in [0.2, 0.25) is 0 Å². The molecule has 1 atom stereocenters. The van der Waals surface area contributed by atoms with Crippen LogP contribution in [-0.4, -0.2) is 53.3 Å². The van der Waals surface area contributed by atoms with Crippen molar-refractivity contribution < 1.29 is 13.2 Å². The normalized spacial score (nSPS) is 16.5. The molecule has 1 fully saturated rings. The molecule has 2 heterocycles. The van der Waals surface area contributed by atoms with Crippen LogP contribution in [0.5, 0.6) is 0 Å². The van der Waals surface area contributed by atoms with Crippen molar-refractivity contribution in [3.63, 3.8) is 0 Å². The Balaban J connectivity index is 1.90. The molecule has 0 amide bonds. The molecule has 1 aromatic carbocycles. The van der Waals surface area contributed by atoms with Gasteiger partial charge >= 0.3 is 0 Å². The molecule has 1 aromatic heterocycles. The summed E-state index contributed by atoms with van der Waals surface area (Å²) in [6.45, 7) is 10.7. The van der Waals surface area contributed by atoms with Crippen LogP contribution in [0.1, 0.15) is 51.8 Å². The number of ether oxygens (including phenoxy) is 1.